The summed E-state index contributed by atoms with van der Waals surface area (Å²) in [6.07, 6.45) is 6.72. The molecule has 0 bridgehead atoms. The van der Waals surface area contributed by atoms with Gasteiger partial charge in [-0.2, -0.15) is 4.67 Å². The number of carbonyl (C=O) groups excluding carboxylic acids is 1. The number of esters is 1. The van der Waals surface area contributed by atoms with Crippen molar-refractivity contribution < 1.29 is 28.6 Å². The molecule has 1 aliphatic rings. The van der Waals surface area contributed by atoms with Gasteiger partial charge >= 0.3 is 13.7 Å². The Hall–Kier alpha value is -2.62. The minimum Gasteiger partial charge on any atom is -0.413 e. The molecule has 2 aromatic carbocycles. The Morgan fingerprint density at radius 3 is 2.30 bits per heavy atom. The van der Waals surface area contributed by atoms with E-state index in [2.05, 4.69) is 12.0 Å². The number of carbonyl (C=O) groups is 1. The first kappa shape index (κ1) is 25.0. The van der Waals surface area contributed by atoms with Gasteiger partial charge in [0.05, 0.1) is 6.54 Å². The molecule has 0 saturated heterocycles. The molecule has 0 amide bonds. The third-order valence-electron chi connectivity index (χ3n) is 5.89. The molecular weight excluding hydrogens is 441 g/mol. The van der Waals surface area contributed by atoms with Crippen molar-refractivity contribution in [1.82, 2.24) is 4.67 Å². The van der Waals surface area contributed by atoms with Crippen LogP contribution in [0.15, 0.2) is 60.7 Å². The van der Waals surface area contributed by atoms with Crippen molar-refractivity contribution in [3.8, 4) is 17.8 Å². The van der Waals surface area contributed by atoms with Crippen molar-refractivity contribution >= 4 is 13.7 Å². The van der Waals surface area contributed by atoms with Gasteiger partial charge in [0, 0.05) is 12.5 Å². The van der Waals surface area contributed by atoms with E-state index in [0.717, 1.165) is 36.8 Å². The summed E-state index contributed by atoms with van der Waals surface area (Å²) < 4.78 is 24.2. The zero-order valence-corrected chi connectivity index (χ0v) is 19.6. The van der Waals surface area contributed by atoms with Crippen LogP contribution in [0.4, 0.5) is 0 Å². The van der Waals surface area contributed by atoms with Crippen LogP contribution in [-0.4, -0.2) is 33.7 Å². The zero-order valence-electron chi connectivity index (χ0n) is 18.7. The molecule has 2 aromatic rings. The number of benzene rings is 2. The quantitative estimate of drug-likeness (QED) is 0.333. The van der Waals surface area contributed by atoms with Gasteiger partial charge in [0.25, 0.3) is 0 Å². The van der Waals surface area contributed by atoms with Gasteiger partial charge in [-0.1, -0.05) is 74.7 Å². The SMILES string of the molecule is CCN(CC#COC(=O)C(O)(c1ccccc1)C1CCCCC1)P(=O)(O)Oc1ccccc1. The van der Waals surface area contributed by atoms with Crippen LogP contribution in [0.5, 0.6) is 5.75 Å². The fourth-order valence-electron chi connectivity index (χ4n) is 4.07. The van der Waals surface area contributed by atoms with Crippen LogP contribution in [0.1, 0.15) is 44.6 Å². The lowest BCUT2D eigenvalue weighted by atomic mass is 9.73. The number of aliphatic hydroxyl groups is 1. The van der Waals surface area contributed by atoms with Crippen molar-refractivity contribution in [3.63, 3.8) is 0 Å². The minimum atomic E-state index is -4.15. The number of para-hydroxylation sites is 1. The van der Waals surface area contributed by atoms with Crippen LogP contribution < -0.4 is 4.52 Å². The average molecular weight is 471 g/mol. The Labute approximate surface area is 194 Å². The fourth-order valence-corrected chi connectivity index (χ4v) is 5.19. The number of nitrogens with zero attached hydrogens (tertiary/aromatic N) is 1. The maximum atomic E-state index is 13.0. The highest BCUT2D eigenvalue weighted by Gasteiger charge is 2.47. The Balaban J connectivity index is 1.69. The topological polar surface area (TPSA) is 96.3 Å². The van der Waals surface area contributed by atoms with Gasteiger partial charge in [-0.25, -0.2) is 9.36 Å². The van der Waals surface area contributed by atoms with E-state index in [4.69, 9.17) is 9.26 Å². The largest absolute Gasteiger partial charge is 0.459 e. The Morgan fingerprint density at radius 1 is 1.09 bits per heavy atom. The van der Waals surface area contributed by atoms with Crippen LogP contribution in [0.3, 0.4) is 0 Å². The predicted octanol–water partition coefficient (Wildman–Crippen LogP) is 4.46. The van der Waals surface area contributed by atoms with E-state index in [9.17, 15) is 19.4 Å². The third kappa shape index (κ3) is 6.25. The lowest BCUT2D eigenvalue weighted by molar-refractivity contribution is -0.168. The highest BCUT2D eigenvalue weighted by molar-refractivity contribution is 7.50. The molecule has 3 rings (SSSR count). The summed E-state index contributed by atoms with van der Waals surface area (Å²) in [7, 11) is -4.15. The molecule has 2 atom stereocenters. The minimum absolute atomic E-state index is 0.155. The van der Waals surface area contributed by atoms with E-state index < -0.39 is 19.3 Å². The lowest BCUT2D eigenvalue weighted by Gasteiger charge is -2.36. The fraction of sp³-hybridized carbons (Fsp3) is 0.400. The van der Waals surface area contributed by atoms with Crippen LogP contribution in [0.25, 0.3) is 0 Å². The van der Waals surface area contributed by atoms with E-state index in [-0.39, 0.29) is 24.8 Å². The summed E-state index contributed by atoms with van der Waals surface area (Å²) in [6, 6.07) is 17.1. The standard InChI is InChI=1S/C25H30NO6P/c1-2-26(33(29,30)32-23-17-10-5-11-18-23)19-12-20-31-24(27)25(28,21-13-6-3-7-14-21)22-15-8-4-9-16-22/h3,5-7,10-11,13-14,17-18,22,28H,2,4,8-9,15-16,19H2,1H3,(H,29,30). The van der Waals surface area contributed by atoms with Gasteiger partial charge in [0.15, 0.2) is 5.60 Å². The molecule has 0 aliphatic heterocycles. The molecule has 0 radical (unpaired) electrons. The second-order valence-corrected chi connectivity index (χ2v) is 9.74. The molecule has 2 N–H and O–H groups in total. The molecule has 2 unspecified atom stereocenters. The smallest absolute Gasteiger partial charge is 0.413 e. The molecule has 0 spiro atoms. The summed E-state index contributed by atoms with van der Waals surface area (Å²) in [5, 5.41) is 11.5. The Bertz CT molecular complexity index is 1010. The molecule has 0 aromatic heterocycles. The van der Waals surface area contributed by atoms with E-state index in [1.54, 1.807) is 61.5 Å². The summed E-state index contributed by atoms with van der Waals surface area (Å²) in [5.74, 6) is 1.77. The van der Waals surface area contributed by atoms with Crippen molar-refractivity contribution in [2.45, 2.75) is 44.6 Å². The summed E-state index contributed by atoms with van der Waals surface area (Å²) >= 11 is 0. The third-order valence-corrected chi connectivity index (χ3v) is 7.48. The first-order valence-corrected chi connectivity index (χ1v) is 12.7. The normalized spacial score (nSPS) is 17.8. The number of rotatable bonds is 8. The average Bonchev–Trinajstić information content (AvgIpc) is 2.84. The monoisotopic (exact) mass is 471 g/mol. The summed E-state index contributed by atoms with van der Waals surface area (Å²) in [6.45, 7) is 1.74. The lowest BCUT2D eigenvalue weighted by Crippen LogP contribution is -2.44. The predicted molar refractivity (Wildman–Crippen MR) is 125 cm³/mol. The molecular formula is C25H30NO6P. The summed E-state index contributed by atoms with van der Waals surface area (Å²) in [5.41, 5.74) is -1.31. The van der Waals surface area contributed by atoms with Crippen molar-refractivity contribution in [2.24, 2.45) is 5.92 Å². The molecule has 0 heterocycles. The van der Waals surface area contributed by atoms with E-state index in [0.29, 0.717) is 5.56 Å². The van der Waals surface area contributed by atoms with E-state index in [1.807, 2.05) is 6.07 Å². The van der Waals surface area contributed by atoms with Gasteiger partial charge in [0.2, 0.25) is 0 Å². The van der Waals surface area contributed by atoms with Crippen LogP contribution in [-0.2, 0) is 19.7 Å². The van der Waals surface area contributed by atoms with Crippen LogP contribution in [0, 0.1) is 17.9 Å². The number of ether oxygens (including phenoxy) is 1. The number of hydrogen-bond donors (Lipinski definition) is 2. The van der Waals surface area contributed by atoms with E-state index >= 15 is 0 Å². The zero-order chi connectivity index (χ0) is 23.7. The molecule has 1 saturated carbocycles. The van der Waals surface area contributed by atoms with Gasteiger partial charge in [0.1, 0.15) is 11.9 Å². The number of hydrogen-bond acceptors (Lipinski definition) is 5. The van der Waals surface area contributed by atoms with Crippen molar-refractivity contribution in [2.75, 3.05) is 13.1 Å². The van der Waals surface area contributed by atoms with Crippen molar-refractivity contribution in [1.29, 1.82) is 0 Å². The molecule has 176 valence electrons. The molecule has 1 fully saturated rings. The second-order valence-electron chi connectivity index (χ2n) is 8.01. The molecule has 33 heavy (non-hydrogen) atoms. The highest BCUT2D eigenvalue weighted by atomic mass is 31.2. The van der Waals surface area contributed by atoms with Crippen LogP contribution in [0.2, 0.25) is 0 Å². The maximum Gasteiger partial charge on any atom is 0.459 e. The highest BCUT2D eigenvalue weighted by Crippen LogP contribution is 2.46. The van der Waals surface area contributed by atoms with Crippen LogP contribution >= 0.6 is 7.75 Å². The molecule has 1 aliphatic carbocycles. The maximum absolute atomic E-state index is 13.0. The molecule has 7 nitrogen and oxygen atoms in total. The second kappa shape index (κ2) is 11.5. The van der Waals surface area contributed by atoms with Gasteiger partial charge in [-0.05, 0) is 36.5 Å². The first-order valence-electron chi connectivity index (χ1n) is 11.2. The van der Waals surface area contributed by atoms with Gasteiger partial charge in [-0.15, -0.1) is 0 Å². The summed E-state index contributed by atoms with van der Waals surface area (Å²) in [4.78, 5) is 23.3. The van der Waals surface area contributed by atoms with Gasteiger partial charge < -0.3 is 19.3 Å². The Morgan fingerprint density at radius 2 is 1.70 bits per heavy atom. The molecule has 8 heteroatoms. The van der Waals surface area contributed by atoms with Gasteiger partial charge in [-0.3, -0.25) is 0 Å². The first-order chi connectivity index (χ1) is 15.9. The Kier molecular flexibility index (Phi) is 8.71. The van der Waals surface area contributed by atoms with Crippen molar-refractivity contribution in [3.05, 3.63) is 66.2 Å². The van der Waals surface area contributed by atoms with E-state index in [1.165, 1.54) is 0 Å².